The van der Waals surface area contributed by atoms with Gasteiger partial charge >= 0.3 is 0 Å². The third-order valence-corrected chi connectivity index (χ3v) is 5.71. The van der Waals surface area contributed by atoms with E-state index in [0.29, 0.717) is 12.8 Å². The molecule has 1 aliphatic heterocycles. The first-order valence-corrected chi connectivity index (χ1v) is 8.02. The SMILES string of the molecule is Cc1c(F)cc(N)cc1S(=O)(=O)N1CCCC(C(N)=O)C1. The van der Waals surface area contributed by atoms with Gasteiger partial charge < -0.3 is 11.5 Å². The minimum Gasteiger partial charge on any atom is -0.399 e. The first-order valence-electron chi connectivity index (χ1n) is 6.58. The van der Waals surface area contributed by atoms with Gasteiger partial charge in [-0.15, -0.1) is 0 Å². The molecule has 1 saturated heterocycles. The van der Waals surface area contributed by atoms with Crippen molar-refractivity contribution in [3.63, 3.8) is 0 Å². The van der Waals surface area contributed by atoms with Gasteiger partial charge in [0.1, 0.15) is 5.82 Å². The zero-order chi connectivity index (χ0) is 15.8. The number of rotatable bonds is 3. The summed E-state index contributed by atoms with van der Waals surface area (Å²) < 4.78 is 40.1. The fraction of sp³-hybridized carbons (Fsp3) is 0.462. The Hall–Kier alpha value is -1.67. The van der Waals surface area contributed by atoms with Crippen LogP contribution in [0.1, 0.15) is 18.4 Å². The molecule has 116 valence electrons. The standard InChI is InChI=1S/C13H18FN3O3S/c1-8-11(14)5-10(15)6-12(8)21(19,20)17-4-2-3-9(7-17)13(16)18/h5-6,9H,2-4,7,15H2,1H3,(H2,16,18). The molecule has 6 nitrogen and oxygen atoms in total. The quantitative estimate of drug-likeness (QED) is 0.797. The van der Waals surface area contributed by atoms with Crippen LogP contribution in [0.15, 0.2) is 17.0 Å². The fourth-order valence-electron chi connectivity index (χ4n) is 2.47. The molecule has 1 aliphatic rings. The molecule has 1 amide bonds. The van der Waals surface area contributed by atoms with E-state index in [1.165, 1.54) is 17.3 Å². The maximum Gasteiger partial charge on any atom is 0.243 e. The van der Waals surface area contributed by atoms with Gasteiger partial charge in [-0.1, -0.05) is 0 Å². The van der Waals surface area contributed by atoms with E-state index in [0.717, 1.165) is 6.07 Å². The van der Waals surface area contributed by atoms with Crippen molar-refractivity contribution in [1.29, 1.82) is 0 Å². The molecule has 8 heteroatoms. The first-order chi connectivity index (χ1) is 9.73. The maximum absolute atomic E-state index is 13.7. The number of amides is 1. The van der Waals surface area contributed by atoms with E-state index in [1.54, 1.807) is 0 Å². The Morgan fingerprint density at radius 2 is 2.10 bits per heavy atom. The topological polar surface area (TPSA) is 106 Å². The van der Waals surface area contributed by atoms with Crippen LogP contribution in [-0.4, -0.2) is 31.7 Å². The number of hydrogen-bond donors (Lipinski definition) is 2. The highest BCUT2D eigenvalue weighted by molar-refractivity contribution is 7.89. The zero-order valence-electron chi connectivity index (χ0n) is 11.7. The number of hydrogen-bond acceptors (Lipinski definition) is 4. The van der Waals surface area contributed by atoms with E-state index in [4.69, 9.17) is 11.5 Å². The van der Waals surface area contributed by atoms with Crippen molar-refractivity contribution in [2.24, 2.45) is 11.7 Å². The highest BCUT2D eigenvalue weighted by Gasteiger charge is 2.33. The summed E-state index contributed by atoms with van der Waals surface area (Å²) in [4.78, 5) is 11.1. The van der Waals surface area contributed by atoms with Crippen LogP contribution in [0, 0.1) is 18.7 Å². The number of benzene rings is 1. The molecular weight excluding hydrogens is 297 g/mol. The Balaban J connectivity index is 2.40. The number of nitrogens with zero attached hydrogens (tertiary/aromatic N) is 1. The number of nitrogens with two attached hydrogens (primary N) is 2. The summed E-state index contributed by atoms with van der Waals surface area (Å²) in [6.07, 6.45) is 1.10. The third-order valence-electron chi connectivity index (χ3n) is 3.72. The molecule has 1 fully saturated rings. The summed E-state index contributed by atoms with van der Waals surface area (Å²) in [5.74, 6) is -1.71. The number of anilines is 1. The monoisotopic (exact) mass is 315 g/mol. The molecule has 1 unspecified atom stereocenters. The van der Waals surface area contributed by atoms with Gasteiger partial charge in [-0.3, -0.25) is 4.79 Å². The van der Waals surface area contributed by atoms with Gasteiger partial charge in [0.05, 0.1) is 10.8 Å². The van der Waals surface area contributed by atoms with Crippen LogP contribution < -0.4 is 11.5 Å². The molecule has 0 aromatic heterocycles. The molecule has 4 N–H and O–H groups in total. The van der Waals surface area contributed by atoms with Crippen molar-refractivity contribution >= 4 is 21.6 Å². The van der Waals surface area contributed by atoms with E-state index in [2.05, 4.69) is 0 Å². The maximum atomic E-state index is 13.7. The average Bonchev–Trinajstić information content (AvgIpc) is 2.42. The lowest BCUT2D eigenvalue weighted by molar-refractivity contribution is -0.122. The summed E-state index contributed by atoms with van der Waals surface area (Å²) >= 11 is 0. The molecular formula is C13H18FN3O3S. The highest BCUT2D eigenvalue weighted by atomic mass is 32.2. The van der Waals surface area contributed by atoms with Gasteiger partial charge in [0, 0.05) is 24.3 Å². The zero-order valence-corrected chi connectivity index (χ0v) is 12.5. The second kappa shape index (κ2) is 5.61. The lowest BCUT2D eigenvalue weighted by Crippen LogP contribution is -2.44. The first kappa shape index (κ1) is 15.7. The fourth-order valence-corrected chi connectivity index (χ4v) is 4.27. The van der Waals surface area contributed by atoms with Gasteiger partial charge in [-0.05, 0) is 31.9 Å². The number of carbonyl (C=O) groups excluding carboxylic acids is 1. The van der Waals surface area contributed by atoms with Gasteiger partial charge in [0.15, 0.2) is 0 Å². The molecule has 1 aromatic carbocycles. The van der Waals surface area contributed by atoms with Gasteiger partial charge in [-0.25, -0.2) is 12.8 Å². The lowest BCUT2D eigenvalue weighted by atomic mass is 9.99. The van der Waals surface area contributed by atoms with Crippen LogP contribution in [0.5, 0.6) is 0 Å². The summed E-state index contributed by atoms with van der Waals surface area (Å²) in [6.45, 7) is 1.69. The summed E-state index contributed by atoms with van der Waals surface area (Å²) in [5, 5.41) is 0. The Bertz CT molecular complexity index is 675. The molecule has 1 heterocycles. The van der Waals surface area contributed by atoms with Crippen molar-refractivity contribution < 1.29 is 17.6 Å². The number of piperidine rings is 1. The van der Waals surface area contributed by atoms with E-state index < -0.39 is 27.7 Å². The molecule has 0 aliphatic carbocycles. The van der Waals surface area contributed by atoms with Crippen molar-refractivity contribution in [2.45, 2.75) is 24.7 Å². The molecule has 0 bridgehead atoms. The number of carbonyl (C=O) groups is 1. The van der Waals surface area contributed by atoms with E-state index >= 15 is 0 Å². The lowest BCUT2D eigenvalue weighted by Gasteiger charge is -2.30. The molecule has 1 aromatic rings. The molecule has 1 atom stereocenters. The Labute approximate surface area is 123 Å². The number of primary amides is 1. The predicted molar refractivity (Wildman–Crippen MR) is 76.2 cm³/mol. The number of halogens is 1. The van der Waals surface area contributed by atoms with E-state index in [1.807, 2.05) is 0 Å². The molecule has 0 saturated carbocycles. The minimum atomic E-state index is -3.90. The Morgan fingerprint density at radius 1 is 1.43 bits per heavy atom. The van der Waals surface area contributed by atoms with E-state index in [9.17, 15) is 17.6 Å². The Morgan fingerprint density at radius 3 is 2.71 bits per heavy atom. The van der Waals surface area contributed by atoms with Gasteiger partial charge in [0.2, 0.25) is 15.9 Å². The second-order valence-electron chi connectivity index (χ2n) is 5.23. The van der Waals surface area contributed by atoms with Crippen LogP contribution in [0.25, 0.3) is 0 Å². The minimum absolute atomic E-state index is 0.0189. The third kappa shape index (κ3) is 3.01. The largest absolute Gasteiger partial charge is 0.399 e. The van der Waals surface area contributed by atoms with Crippen molar-refractivity contribution in [3.05, 3.63) is 23.5 Å². The van der Waals surface area contributed by atoms with Gasteiger partial charge in [-0.2, -0.15) is 4.31 Å². The van der Waals surface area contributed by atoms with Crippen LogP contribution in [-0.2, 0) is 14.8 Å². The molecule has 2 rings (SSSR count). The average molecular weight is 315 g/mol. The van der Waals surface area contributed by atoms with Crippen LogP contribution in [0.4, 0.5) is 10.1 Å². The summed E-state index contributed by atoms with van der Waals surface area (Å²) in [7, 11) is -3.90. The van der Waals surface area contributed by atoms with Crippen LogP contribution in [0.2, 0.25) is 0 Å². The molecule has 0 radical (unpaired) electrons. The molecule has 0 spiro atoms. The second-order valence-corrected chi connectivity index (χ2v) is 7.14. The van der Waals surface area contributed by atoms with Crippen molar-refractivity contribution in [3.8, 4) is 0 Å². The predicted octanol–water partition coefficient (Wildman–Crippen LogP) is 0.602. The summed E-state index contributed by atoms with van der Waals surface area (Å²) in [5.41, 5.74) is 10.8. The Kier molecular flexibility index (Phi) is 4.20. The number of sulfonamides is 1. The van der Waals surface area contributed by atoms with Crippen LogP contribution in [0.3, 0.4) is 0 Å². The summed E-state index contributed by atoms with van der Waals surface area (Å²) in [6, 6.07) is 2.32. The smallest absolute Gasteiger partial charge is 0.243 e. The number of nitrogen functional groups attached to an aromatic ring is 1. The van der Waals surface area contributed by atoms with Crippen LogP contribution >= 0.6 is 0 Å². The molecule has 21 heavy (non-hydrogen) atoms. The van der Waals surface area contributed by atoms with Crippen molar-refractivity contribution in [2.75, 3.05) is 18.8 Å². The normalized spacial score (nSPS) is 20.4. The van der Waals surface area contributed by atoms with Gasteiger partial charge in [0.25, 0.3) is 0 Å². The highest BCUT2D eigenvalue weighted by Crippen LogP contribution is 2.28. The van der Waals surface area contributed by atoms with E-state index in [-0.39, 0.29) is 29.2 Å². The van der Waals surface area contributed by atoms with Crippen molar-refractivity contribution in [1.82, 2.24) is 4.31 Å².